The van der Waals surface area contributed by atoms with Gasteiger partial charge in [-0.3, -0.25) is 14.6 Å². The zero-order valence-corrected chi connectivity index (χ0v) is 22.2. The molecule has 40 heavy (non-hydrogen) atoms. The van der Waals surface area contributed by atoms with Crippen LogP contribution in [0.4, 0.5) is 5.95 Å². The first-order valence-electron chi connectivity index (χ1n) is 13.9. The summed E-state index contributed by atoms with van der Waals surface area (Å²) in [5, 5.41) is 22.4. The van der Waals surface area contributed by atoms with Crippen LogP contribution in [-0.4, -0.2) is 77.7 Å². The Bertz CT molecular complexity index is 1470. The van der Waals surface area contributed by atoms with Crippen LogP contribution in [-0.2, 0) is 37.1 Å². The molecule has 3 aromatic heterocycles. The molecule has 0 spiro atoms. The number of hydrogen-bond donors (Lipinski definition) is 3. The van der Waals surface area contributed by atoms with E-state index >= 15 is 0 Å². The number of nitrogens with zero attached hydrogens (tertiary/aromatic N) is 7. The van der Waals surface area contributed by atoms with E-state index in [1.54, 1.807) is 22.0 Å². The summed E-state index contributed by atoms with van der Waals surface area (Å²) in [7, 11) is 0. The van der Waals surface area contributed by atoms with Gasteiger partial charge in [-0.15, -0.1) is 10.2 Å². The molecule has 7 rings (SSSR count). The van der Waals surface area contributed by atoms with Crippen LogP contribution in [0, 0.1) is 0 Å². The fourth-order valence-electron chi connectivity index (χ4n) is 5.78. The van der Waals surface area contributed by atoms with Crippen molar-refractivity contribution in [1.29, 1.82) is 0 Å². The molecule has 3 aliphatic rings. The molecule has 1 fully saturated rings. The number of amides is 1. The Morgan fingerprint density at radius 3 is 2.65 bits per heavy atom. The highest BCUT2D eigenvalue weighted by Gasteiger charge is 2.26. The van der Waals surface area contributed by atoms with E-state index in [2.05, 4.69) is 60.3 Å². The molecule has 12 nitrogen and oxygen atoms in total. The Balaban J connectivity index is 1.08. The zero-order chi connectivity index (χ0) is 26.9. The maximum Gasteiger partial charge on any atom is 0.244 e. The van der Waals surface area contributed by atoms with Gasteiger partial charge >= 0.3 is 0 Å². The van der Waals surface area contributed by atoms with E-state index in [0.29, 0.717) is 31.3 Å². The van der Waals surface area contributed by atoms with E-state index in [1.165, 1.54) is 11.1 Å². The summed E-state index contributed by atoms with van der Waals surface area (Å²) in [5.41, 5.74) is 6.16. The number of nitrogens with one attached hydrogen (secondary N) is 3. The average Bonchev–Trinajstić information content (AvgIpc) is 3.72. The number of carbonyl (C=O) groups is 1. The fourth-order valence-corrected chi connectivity index (χ4v) is 5.78. The average molecular weight is 541 g/mol. The number of benzene rings is 1. The molecule has 1 aliphatic carbocycles. The Labute approximate surface area is 231 Å². The summed E-state index contributed by atoms with van der Waals surface area (Å²) in [6.07, 6.45) is 9.98. The number of carbonyl (C=O) groups excluding carboxylic acids is 1. The molecule has 0 bridgehead atoms. The molecular weight excluding hydrogens is 508 g/mol. The number of rotatable bonds is 7. The van der Waals surface area contributed by atoms with Gasteiger partial charge < -0.3 is 20.3 Å². The second-order valence-corrected chi connectivity index (χ2v) is 10.7. The van der Waals surface area contributed by atoms with Crippen molar-refractivity contribution in [2.24, 2.45) is 0 Å². The molecule has 2 aliphatic heterocycles. The van der Waals surface area contributed by atoms with Crippen molar-refractivity contribution >= 4 is 11.9 Å². The van der Waals surface area contributed by atoms with Crippen molar-refractivity contribution in [2.75, 3.05) is 25.0 Å². The van der Waals surface area contributed by atoms with E-state index in [-0.39, 0.29) is 24.6 Å². The minimum atomic E-state index is -0.0236. The lowest BCUT2D eigenvalue weighted by Crippen LogP contribution is -2.38. The summed E-state index contributed by atoms with van der Waals surface area (Å²) < 4.78 is 8.03. The SMILES string of the molecule is O=C(Cn1cc(-c2cnc(NC3Cc4ccccc4C3)nc2)c(OC2CCNCC2)n1)N1CCc2[nH]nnc2C1. The summed E-state index contributed by atoms with van der Waals surface area (Å²) >= 11 is 0. The predicted molar refractivity (Wildman–Crippen MR) is 147 cm³/mol. The van der Waals surface area contributed by atoms with Crippen LogP contribution in [0.1, 0.15) is 35.4 Å². The third-order valence-corrected chi connectivity index (χ3v) is 7.97. The molecule has 1 saturated heterocycles. The number of aromatic amines is 1. The Kier molecular flexibility index (Phi) is 6.60. The van der Waals surface area contributed by atoms with Crippen molar-refractivity contribution in [3.05, 3.63) is 65.4 Å². The highest BCUT2D eigenvalue weighted by molar-refractivity contribution is 5.76. The van der Waals surface area contributed by atoms with Crippen LogP contribution in [0.3, 0.4) is 0 Å². The number of piperidine rings is 1. The van der Waals surface area contributed by atoms with Gasteiger partial charge in [-0.2, -0.15) is 0 Å². The molecule has 206 valence electrons. The molecule has 0 unspecified atom stereocenters. The summed E-state index contributed by atoms with van der Waals surface area (Å²) in [6.45, 7) is 3.00. The third kappa shape index (κ3) is 5.14. The minimum Gasteiger partial charge on any atom is -0.473 e. The predicted octanol–water partition coefficient (Wildman–Crippen LogP) is 1.75. The van der Waals surface area contributed by atoms with Gasteiger partial charge in [0.05, 0.1) is 17.8 Å². The van der Waals surface area contributed by atoms with Gasteiger partial charge in [0, 0.05) is 43.2 Å². The van der Waals surface area contributed by atoms with E-state index in [0.717, 1.165) is 61.3 Å². The Morgan fingerprint density at radius 1 is 1.10 bits per heavy atom. The number of ether oxygens (including phenoxy) is 1. The third-order valence-electron chi connectivity index (χ3n) is 7.97. The van der Waals surface area contributed by atoms with Crippen LogP contribution in [0.25, 0.3) is 11.1 Å². The van der Waals surface area contributed by atoms with E-state index < -0.39 is 0 Å². The largest absolute Gasteiger partial charge is 0.473 e. The molecule has 0 saturated carbocycles. The van der Waals surface area contributed by atoms with Gasteiger partial charge in [0.15, 0.2) is 0 Å². The maximum absolute atomic E-state index is 13.2. The first kappa shape index (κ1) is 24.7. The first-order valence-corrected chi connectivity index (χ1v) is 13.9. The number of hydrogen-bond acceptors (Lipinski definition) is 9. The Morgan fingerprint density at radius 2 is 1.88 bits per heavy atom. The van der Waals surface area contributed by atoms with Crippen LogP contribution in [0.2, 0.25) is 0 Å². The zero-order valence-electron chi connectivity index (χ0n) is 22.2. The minimum absolute atomic E-state index is 0.0236. The van der Waals surface area contributed by atoms with Crippen molar-refractivity contribution in [3.63, 3.8) is 0 Å². The topological polar surface area (TPSA) is 139 Å². The molecule has 4 aromatic rings. The number of anilines is 1. The van der Waals surface area contributed by atoms with Gasteiger partial charge in [0.25, 0.3) is 0 Å². The lowest BCUT2D eigenvalue weighted by atomic mass is 10.1. The van der Waals surface area contributed by atoms with E-state index in [9.17, 15) is 4.79 Å². The highest BCUT2D eigenvalue weighted by Crippen LogP contribution is 2.31. The van der Waals surface area contributed by atoms with Crippen molar-refractivity contribution in [2.45, 2.75) is 57.3 Å². The van der Waals surface area contributed by atoms with E-state index in [4.69, 9.17) is 9.84 Å². The molecule has 0 radical (unpaired) electrons. The monoisotopic (exact) mass is 540 g/mol. The molecule has 0 atom stereocenters. The van der Waals surface area contributed by atoms with Crippen molar-refractivity contribution in [3.8, 4) is 17.0 Å². The second kappa shape index (κ2) is 10.7. The summed E-state index contributed by atoms with van der Waals surface area (Å²) in [4.78, 5) is 24.2. The standard InChI is InChI=1S/C28H32N10O2/c39-26(37-10-7-24-25(16-37)34-36-33-24)17-38-15-23(27(35-38)40-22-5-8-29-9-6-22)20-13-30-28(31-14-20)32-21-11-18-3-1-2-4-19(18)12-21/h1-4,13-15,21-22,29H,5-12,16-17H2,(H,30,31,32)(H,33,34,36). The summed E-state index contributed by atoms with van der Waals surface area (Å²) in [6, 6.07) is 8.82. The molecule has 5 heterocycles. The molecule has 3 N–H and O–H groups in total. The second-order valence-electron chi connectivity index (χ2n) is 10.7. The first-order chi connectivity index (χ1) is 19.7. The van der Waals surface area contributed by atoms with Gasteiger partial charge in [0.2, 0.25) is 17.7 Å². The van der Waals surface area contributed by atoms with Gasteiger partial charge in [-0.05, 0) is 49.9 Å². The lowest BCUT2D eigenvalue weighted by molar-refractivity contribution is -0.133. The van der Waals surface area contributed by atoms with Crippen LogP contribution in [0.15, 0.2) is 42.9 Å². The molecular formula is C28H32N10O2. The number of fused-ring (bicyclic) bond motifs is 2. The molecule has 12 heteroatoms. The van der Waals surface area contributed by atoms with Gasteiger partial charge in [0.1, 0.15) is 18.3 Å². The van der Waals surface area contributed by atoms with E-state index in [1.807, 2.05) is 6.20 Å². The quantitative estimate of drug-likeness (QED) is 0.320. The molecule has 1 amide bonds. The lowest BCUT2D eigenvalue weighted by Gasteiger charge is -2.25. The van der Waals surface area contributed by atoms with Crippen molar-refractivity contribution < 1.29 is 9.53 Å². The van der Waals surface area contributed by atoms with Crippen LogP contribution < -0.4 is 15.4 Å². The van der Waals surface area contributed by atoms with Gasteiger partial charge in [-0.1, -0.05) is 29.5 Å². The molecule has 1 aromatic carbocycles. The Hall–Kier alpha value is -4.32. The highest BCUT2D eigenvalue weighted by atomic mass is 16.5. The summed E-state index contributed by atoms with van der Waals surface area (Å²) in [5.74, 6) is 1.08. The normalized spacial score (nSPS) is 17.4. The maximum atomic E-state index is 13.2. The van der Waals surface area contributed by atoms with Crippen LogP contribution >= 0.6 is 0 Å². The number of H-pyrrole nitrogens is 1. The van der Waals surface area contributed by atoms with Crippen LogP contribution in [0.5, 0.6) is 5.88 Å². The number of aromatic nitrogens is 7. The van der Waals surface area contributed by atoms with Crippen molar-refractivity contribution in [1.82, 2.24) is 45.4 Å². The fraction of sp³-hybridized carbons (Fsp3) is 0.429. The van der Waals surface area contributed by atoms with Gasteiger partial charge in [-0.25, -0.2) is 9.97 Å². The smallest absolute Gasteiger partial charge is 0.244 e.